The summed E-state index contributed by atoms with van der Waals surface area (Å²) in [6.07, 6.45) is 6.70. The zero-order valence-electron chi connectivity index (χ0n) is 23.4. The number of imidazole rings is 1. The van der Waals surface area contributed by atoms with Crippen LogP contribution in [0.15, 0.2) is 73.8 Å². The van der Waals surface area contributed by atoms with Crippen LogP contribution in [0.1, 0.15) is 5.56 Å². The van der Waals surface area contributed by atoms with Gasteiger partial charge in [0.2, 0.25) is 5.91 Å². The Bertz CT molecular complexity index is 1760. The summed E-state index contributed by atoms with van der Waals surface area (Å²) >= 11 is 7.15. The fourth-order valence-electron chi connectivity index (χ4n) is 5.35. The normalized spacial score (nSPS) is 14.0. The number of anilines is 2. The van der Waals surface area contributed by atoms with Crippen LogP contribution in [-0.4, -0.2) is 63.6 Å². The van der Waals surface area contributed by atoms with Gasteiger partial charge >= 0.3 is 0 Å². The van der Waals surface area contributed by atoms with Crippen molar-refractivity contribution in [2.75, 3.05) is 43.4 Å². The molecule has 1 amide bonds. The third kappa shape index (κ3) is 5.12. The number of aromatic nitrogens is 4. The molecule has 0 spiro atoms. The van der Waals surface area contributed by atoms with Crippen molar-refractivity contribution in [3.8, 4) is 33.6 Å². The van der Waals surface area contributed by atoms with Crippen molar-refractivity contribution in [3.05, 3.63) is 84.4 Å². The van der Waals surface area contributed by atoms with E-state index in [4.69, 9.17) is 16.6 Å². The molecule has 1 saturated heterocycles. The van der Waals surface area contributed by atoms with Crippen LogP contribution in [0.3, 0.4) is 0 Å². The number of halogens is 1. The van der Waals surface area contributed by atoms with Crippen LogP contribution in [0.4, 0.5) is 11.4 Å². The van der Waals surface area contributed by atoms with E-state index in [1.165, 1.54) is 11.8 Å². The smallest absolute Gasteiger partial charge is 0.247 e. The highest BCUT2D eigenvalue weighted by atomic mass is 35.5. The molecule has 6 rings (SSSR count). The molecule has 41 heavy (non-hydrogen) atoms. The Balaban J connectivity index is 1.52. The predicted octanol–water partition coefficient (Wildman–Crippen LogP) is 6.14. The maximum atomic E-state index is 12.2. The molecule has 1 fully saturated rings. The van der Waals surface area contributed by atoms with Crippen LogP contribution in [0.25, 0.3) is 44.7 Å². The quantitative estimate of drug-likeness (QED) is 0.242. The number of H-pyrrole nitrogens is 1. The van der Waals surface area contributed by atoms with Gasteiger partial charge in [0, 0.05) is 73.5 Å². The minimum Gasteiger partial charge on any atom is -0.369 e. The number of amides is 1. The highest BCUT2D eigenvalue weighted by molar-refractivity contribution is 6.39. The standard InChI is InChI=1S/C32H32ClN7O/c1-5-27(41)36-25-16-22(7-6-20(25)2)28-29-30(33)24(26-18-39(4)19-35-26)17-34-32(29)37-31(28)21-8-10-23(11-9-21)40-14-12-38(3)13-15-40/h5-11,16-19H,1,12-15H2,2-4H3,(H,34,37)(H,36,41). The lowest BCUT2D eigenvalue weighted by Gasteiger charge is -2.34. The van der Waals surface area contributed by atoms with E-state index in [0.29, 0.717) is 16.4 Å². The van der Waals surface area contributed by atoms with E-state index in [9.17, 15) is 4.79 Å². The Morgan fingerprint density at radius 1 is 1.05 bits per heavy atom. The van der Waals surface area contributed by atoms with Gasteiger partial charge in [0.1, 0.15) is 5.65 Å². The predicted molar refractivity (Wildman–Crippen MR) is 167 cm³/mol. The molecule has 4 heterocycles. The van der Waals surface area contributed by atoms with Crippen LogP contribution in [-0.2, 0) is 11.8 Å². The van der Waals surface area contributed by atoms with E-state index in [2.05, 4.69) is 63.0 Å². The Kier molecular flexibility index (Phi) is 7.11. The number of carbonyl (C=O) groups excluding carboxylic acids is 1. The van der Waals surface area contributed by atoms with Crippen molar-refractivity contribution in [1.29, 1.82) is 0 Å². The highest BCUT2D eigenvalue weighted by Gasteiger charge is 2.23. The summed E-state index contributed by atoms with van der Waals surface area (Å²) in [5.74, 6) is -0.263. The maximum absolute atomic E-state index is 12.2. The third-order valence-corrected chi connectivity index (χ3v) is 8.13. The molecule has 208 valence electrons. The van der Waals surface area contributed by atoms with Gasteiger partial charge in [-0.1, -0.05) is 42.4 Å². The number of carbonyl (C=O) groups is 1. The number of hydrogen-bond acceptors (Lipinski definition) is 5. The van der Waals surface area contributed by atoms with Crippen LogP contribution in [0.2, 0.25) is 5.02 Å². The van der Waals surface area contributed by atoms with E-state index >= 15 is 0 Å². The lowest BCUT2D eigenvalue weighted by Crippen LogP contribution is -2.44. The molecule has 9 heteroatoms. The van der Waals surface area contributed by atoms with Gasteiger partial charge < -0.3 is 24.7 Å². The first kappa shape index (κ1) is 26.8. The second-order valence-electron chi connectivity index (χ2n) is 10.6. The number of fused-ring (bicyclic) bond motifs is 1. The second kappa shape index (κ2) is 10.9. The number of likely N-dealkylation sites (N-methyl/N-ethyl adjacent to an activating group) is 1. The summed E-state index contributed by atoms with van der Waals surface area (Å²) in [7, 11) is 4.09. The minimum absolute atomic E-state index is 0.263. The number of pyridine rings is 1. The van der Waals surface area contributed by atoms with E-state index in [-0.39, 0.29) is 5.91 Å². The monoisotopic (exact) mass is 565 g/mol. The second-order valence-corrected chi connectivity index (χ2v) is 10.9. The number of benzene rings is 2. The fraction of sp³-hybridized carbons (Fsp3) is 0.219. The van der Waals surface area contributed by atoms with Crippen LogP contribution in [0.5, 0.6) is 0 Å². The van der Waals surface area contributed by atoms with Gasteiger partial charge in [-0.15, -0.1) is 0 Å². The number of aryl methyl sites for hydroxylation is 2. The Morgan fingerprint density at radius 2 is 1.78 bits per heavy atom. The number of piperazine rings is 1. The molecule has 3 aromatic heterocycles. The number of hydrogen-bond donors (Lipinski definition) is 2. The summed E-state index contributed by atoms with van der Waals surface area (Å²) in [5.41, 5.74) is 8.79. The largest absolute Gasteiger partial charge is 0.369 e. The minimum atomic E-state index is -0.263. The molecule has 0 radical (unpaired) electrons. The number of rotatable bonds is 6. The molecule has 0 bridgehead atoms. The molecule has 0 atom stereocenters. The van der Waals surface area contributed by atoms with Gasteiger partial charge in [-0.2, -0.15) is 0 Å². The molecule has 1 aliphatic heterocycles. The molecule has 0 saturated carbocycles. The van der Waals surface area contributed by atoms with E-state index in [1.807, 2.05) is 42.9 Å². The van der Waals surface area contributed by atoms with E-state index in [0.717, 1.165) is 70.8 Å². The van der Waals surface area contributed by atoms with Gasteiger partial charge in [-0.25, -0.2) is 9.97 Å². The lowest BCUT2D eigenvalue weighted by molar-refractivity contribution is -0.111. The summed E-state index contributed by atoms with van der Waals surface area (Å²) < 4.78 is 1.88. The first-order chi connectivity index (χ1) is 19.8. The zero-order valence-corrected chi connectivity index (χ0v) is 24.2. The average Bonchev–Trinajstić information content (AvgIpc) is 3.59. The number of nitrogens with zero attached hydrogens (tertiary/aromatic N) is 5. The fourth-order valence-corrected chi connectivity index (χ4v) is 5.68. The molecule has 5 aromatic rings. The maximum Gasteiger partial charge on any atom is 0.247 e. The summed E-state index contributed by atoms with van der Waals surface area (Å²) in [5, 5.41) is 4.30. The number of nitrogens with one attached hydrogen (secondary N) is 2. The zero-order chi connectivity index (χ0) is 28.7. The molecule has 2 aromatic carbocycles. The van der Waals surface area contributed by atoms with Crippen LogP contribution in [0, 0.1) is 6.92 Å². The van der Waals surface area contributed by atoms with Crippen LogP contribution >= 0.6 is 11.6 Å². The topological polar surface area (TPSA) is 82.1 Å². The summed E-state index contributed by atoms with van der Waals surface area (Å²) in [6.45, 7) is 9.67. The van der Waals surface area contributed by atoms with Gasteiger partial charge in [0.15, 0.2) is 0 Å². The van der Waals surface area contributed by atoms with Crippen molar-refractivity contribution in [2.24, 2.45) is 7.05 Å². The average molecular weight is 566 g/mol. The molecule has 0 aliphatic carbocycles. The highest BCUT2D eigenvalue weighted by Crippen LogP contribution is 2.44. The Hall–Kier alpha value is -4.40. The summed E-state index contributed by atoms with van der Waals surface area (Å²) in [6, 6.07) is 14.7. The third-order valence-electron chi connectivity index (χ3n) is 7.73. The molecular formula is C32H32ClN7O. The first-order valence-electron chi connectivity index (χ1n) is 13.6. The molecular weight excluding hydrogens is 534 g/mol. The van der Waals surface area contributed by atoms with Gasteiger partial charge in [0.05, 0.1) is 22.7 Å². The van der Waals surface area contributed by atoms with E-state index < -0.39 is 0 Å². The molecule has 8 nitrogen and oxygen atoms in total. The van der Waals surface area contributed by atoms with Crippen molar-refractivity contribution in [1.82, 2.24) is 24.4 Å². The van der Waals surface area contributed by atoms with Gasteiger partial charge in [-0.3, -0.25) is 4.79 Å². The van der Waals surface area contributed by atoms with Crippen molar-refractivity contribution in [2.45, 2.75) is 6.92 Å². The molecule has 2 N–H and O–H groups in total. The van der Waals surface area contributed by atoms with Gasteiger partial charge in [-0.05, 0) is 54.9 Å². The van der Waals surface area contributed by atoms with Crippen molar-refractivity contribution < 1.29 is 4.79 Å². The van der Waals surface area contributed by atoms with Crippen LogP contribution < -0.4 is 10.2 Å². The molecule has 0 unspecified atom stereocenters. The lowest BCUT2D eigenvalue weighted by atomic mass is 9.96. The molecule has 1 aliphatic rings. The first-order valence-corrected chi connectivity index (χ1v) is 14.0. The SMILES string of the molecule is C=CC(=O)Nc1cc(-c2c(-c3ccc(N4CCN(C)CC4)cc3)[nH]c3ncc(-c4cn(C)cn4)c(Cl)c23)ccc1C. The van der Waals surface area contributed by atoms with Crippen molar-refractivity contribution in [3.63, 3.8) is 0 Å². The Labute approximate surface area is 244 Å². The Morgan fingerprint density at radius 3 is 2.46 bits per heavy atom. The summed E-state index contributed by atoms with van der Waals surface area (Å²) in [4.78, 5) is 29.8. The number of aromatic amines is 1. The van der Waals surface area contributed by atoms with Crippen molar-refractivity contribution >= 4 is 39.9 Å². The van der Waals surface area contributed by atoms with Gasteiger partial charge in [0.25, 0.3) is 0 Å². The van der Waals surface area contributed by atoms with E-state index in [1.54, 1.807) is 12.5 Å².